The summed E-state index contributed by atoms with van der Waals surface area (Å²) in [6.07, 6.45) is 4.44. The smallest absolute Gasteiger partial charge is 0.0989 e. The number of rotatable bonds is 2. The first-order chi connectivity index (χ1) is 17.2. The molecule has 35 heavy (non-hydrogen) atoms. The van der Waals surface area contributed by atoms with Crippen molar-refractivity contribution >= 4 is 54.5 Å². The van der Waals surface area contributed by atoms with Crippen LogP contribution < -0.4 is 9.80 Å². The molecule has 168 valence electrons. The first-order valence-corrected chi connectivity index (χ1v) is 12.2. The van der Waals surface area contributed by atoms with Crippen LogP contribution >= 0.6 is 0 Å². The standard InChI is InChI=1S/C33H26N2/c1-22-28-13-5-3-9-24(28)19-26-11-7-15-30(32(22)26)34-17-18-35(21-34)31-16-8-12-27-20-25-10-4-6-14-29(25)23(2)33(27)31/h3-20H,21H2,1-2H3. The number of anilines is 2. The summed E-state index contributed by atoms with van der Waals surface area (Å²) in [6, 6.07) is 35.3. The molecule has 0 saturated heterocycles. The van der Waals surface area contributed by atoms with Crippen LogP contribution in [-0.4, -0.2) is 6.67 Å². The van der Waals surface area contributed by atoms with Crippen molar-refractivity contribution < 1.29 is 0 Å². The van der Waals surface area contributed by atoms with Crippen LogP contribution in [0.15, 0.2) is 109 Å². The number of hydrogen-bond donors (Lipinski definition) is 0. The zero-order valence-corrected chi connectivity index (χ0v) is 20.0. The molecule has 2 nitrogen and oxygen atoms in total. The van der Waals surface area contributed by atoms with Gasteiger partial charge in [-0.2, -0.15) is 0 Å². The molecule has 6 aromatic carbocycles. The fourth-order valence-electron chi connectivity index (χ4n) is 5.92. The van der Waals surface area contributed by atoms with Crippen LogP contribution in [0.1, 0.15) is 11.1 Å². The Morgan fingerprint density at radius 3 is 1.40 bits per heavy atom. The molecule has 0 amide bonds. The highest BCUT2D eigenvalue weighted by Gasteiger charge is 2.21. The van der Waals surface area contributed by atoms with Crippen molar-refractivity contribution in [2.45, 2.75) is 13.8 Å². The lowest BCUT2D eigenvalue weighted by molar-refractivity contribution is 0.983. The summed E-state index contributed by atoms with van der Waals surface area (Å²) in [7, 11) is 0. The van der Waals surface area contributed by atoms with Crippen LogP contribution in [0, 0.1) is 13.8 Å². The molecule has 0 N–H and O–H groups in total. The lowest BCUT2D eigenvalue weighted by atomic mass is 9.96. The summed E-state index contributed by atoms with van der Waals surface area (Å²) < 4.78 is 0. The van der Waals surface area contributed by atoms with Crippen molar-refractivity contribution in [2.75, 3.05) is 16.5 Å². The van der Waals surface area contributed by atoms with Gasteiger partial charge in [0.1, 0.15) is 0 Å². The van der Waals surface area contributed by atoms with Crippen molar-refractivity contribution in [3.8, 4) is 0 Å². The van der Waals surface area contributed by atoms with Gasteiger partial charge in [-0.25, -0.2) is 0 Å². The van der Waals surface area contributed by atoms with Gasteiger partial charge in [0.2, 0.25) is 0 Å². The second-order valence-corrected chi connectivity index (χ2v) is 9.58. The molecule has 1 aliphatic heterocycles. The summed E-state index contributed by atoms with van der Waals surface area (Å²) >= 11 is 0. The minimum Gasteiger partial charge on any atom is -0.327 e. The zero-order chi connectivity index (χ0) is 23.5. The molecular formula is C33H26N2. The molecule has 0 bridgehead atoms. The molecule has 0 aliphatic carbocycles. The summed E-state index contributed by atoms with van der Waals surface area (Å²) in [4.78, 5) is 4.75. The molecular weight excluding hydrogens is 424 g/mol. The Labute approximate surface area is 205 Å². The van der Waals surface area contributed by atoms with Gasteiger partial charge < -0.3 is 9.80 Å². The molecule has 0 atom stereocenters. The molecule has 0 fully saturated rings. The van der Waals surface area contributed by atoms with E-state index in [9.17, 15) is 0 Å². The van der Waals surface area contributed by atoms with Crippen molar-refractivity contribution in [1.82, 2.24) is 0 Å². The molecule has 6 aromatic rings. The Morgan fingerprint density at radius 1 is 0.486 bits per heavy atom. The predicted octanol–water partition coefficient (Wildman–Crippen LogP) is 8.67. The second kappa shape index (κ2) is 7.61. The van der Waals surface area contributed by atoms with Gasteiger partial charge in [0.05, 0.1) is 18.0 Å². The van der Waals surface area contributed by atoms with E-state index in [0.29, 0.717) is 0 Å². The third kappa shape index (κ3) is 3.03. The number of nitrogens with zero attached hydrogens (tertiary/aromatic N) is 2. The molecule has 1 heterocycles. The highest BCUT2D eigenvalue weighted by molar-refractivity contribution is 6.09. The van der Waals surface area contributed by atoms with Crippen molar-refractivity contribution in [3.63, 3.8) is 0 Å². The van der Waals surface area contributed by atoms with Crippen molar-refractivity contribution in [2.24, 2.45) is 0 Å². The van der Waals surface area contributed by atoms with Gasteiger partial charge in [-0.15, -0.1) is 0 Å². The fourth-order valence-corrected chi connectivity index (χ4v) is 5.92. The molecule has 0 unspecified atom stereocenters. The van der Waals surface area contributed by atoms with Crippen LogP contribution in [-0.2, 0) is 0 Å². The molecule has 0 spiro atoms. The SMILES string of the molecule is Cc1c2ccccc2cc2cccc(N3C=CN(c4cccc5cc6ccccc6c(C)c45)C3)c12. The van der Waals surface area contributed by atoms with Gasteiger partial charge >= 0.3 is 0 Å². The van der Waals surface area contributed by atoms with Gasteiger partial charge in [-0.05, 0) is 81.6 Å². The largest absolute Gasteiger partial charge is 0.327 e. The molecule has 7 rings (SSSR count). The Balaban J connectivity index is 1.34. The quantitative estimate of drug-likeness (QED) is 0.244. The summed E-state index contributed by atoms with van der Waals surface area (Å²) in [6.45, 7) is 5.30. The van der Waals surface area contributed by atoms with Crippen LogP contribution in [0.5, 0.6) is 0 Å². The lowest BCUT2D eigenvalue weighted by Gasteiger charge is -2.25. The fraction of sp³-hybridized carbons (Fsp3) is 0.0909. The predicted molar refractivity (Wildman–Crippen MR) is 151 cm³/mol. The van der Waals surface area contributed by atoms with E-state index in [1.54, 1.807) is 0 Å². The lowest BCUT2D eigenvalue weighted by Crippen LogP contribution is -2.25. The first kappa shape index (κ1) is 20.1. The number of hydrogen-bond acceptors (Lipinski definition) is 2. The zero-order valence-electron chi connectivity index (χ0n) is 20.0. The first-order valence-electron chi connectivity index (χ1n) is 12.2. The Morgan fingerprint density at radius 2 is 0.914 bits per heavy atom. The van der Waals surface area contributed by atoms with Gasteiger partial charge in [-0.3, -0.25) is 0 Å². The maximum atomic E-state index is 2.37. The summed E-state index contributed by atoms with van der Waals surface area (Å²) in [5.74, 6) is 0. The Bertz CT molecular complexity index is 1680. The maximum Gasteiger partial charge on any atom is 0.0989 e. The van der Waals surface area contributed by atoms with Crippen molar-refractivity contribution in [1.29, 1.82) is 0 Å². The van der Waals surface area contributed by atoms with Gasteiger partial charge in [0.15, 0.2) is 0 Å². The molecule has 1 aliphatic rings. The van der Waals surface area contributed by atoms with Crippen LogP contribution in [0.4, 0.5) is 11.4 Å². The average molecular weight is 451 g/mol. The van der Waals surface area contributed by atoms with E-state index in [0.717, 1.165) is 6.67 Å². The number of benzene rings is 6. The van der Waals surface area contributed by atoms with Crippen LogP contribution in [0.3, 0.4) is 0 Å². The van der Waals surface area contributed by atoms with Crippen LogP contribution in [0.2, 0.25) is 0 Å². The maximum absolute atomic E-state index is 2.37. The van der Waals surface area contributed by atoms with Crippen molar-refractivity contribution in [3.05, 3.63) is 121 Å². The summed E-state index contributed by atoms with van der Waals surface area (Å²) in [5, 5.41) is 10.5. The van der Waals surface area contributed by atoms with E-state index in [4.69, 9.17) is 0 Å². The van der Waals surface area contributed by atoms with E-state index < -0.39 is 0 Å². The van der Waals surface area contributed by atoms with Gasteiger partial charge in [-0.1, -0.05) is 72.8 Å². The average Bonchev–Trinajstić information content (AvgIpc) is 3.38. The molecule has 0 radical (unpaired) electrons. The summed E-state index contributed by atoms with van der Waals surface area (Å²) in [5.41, 5.74) is 5.19. The van der Waals surface area contributed by atoms with E-state index >= 15 is 0 Å². The second-order valence-electron chi connectivity index (χ2n) is 9.58. The van der Waals surface area contributed by atoms with E-state index in [-0.39, 0.29) is 0 Å². The number of fused-ring (bicyclic) bond motifs is 4. The monoisotopic (exact) mass is 450 g/mol. The number of aryl methyl sites for hydroxylation is 2. The topological polar surface area (TPSA) is 6.48 Å². The van der Waals surface area contributed by atoms with Gasteiger partial charge in [0, 0.05) is 23.2 Å². The van der Waals surface area contributed by atoms with Gasteiger partial charge in [0.25, 0.3) is 0 Å². The third-order valence-corrected chi connectivity index (χ3v) is 7.60. The Kier molecular flexibility index (Phi) is 4.37. The Hall–Kier alpha value is -4.30. The van der Waals surface area contributed by atoms with E-state index in [2.05, 4.69) is 133 Å². The minimum atomic E-state index is 0.788. The molecule has 2 heteroatoms. The van der Waals surface area contributed by atoms with E-state index in [1.807, 2.05) is 0 Å². The minimum absolute atomic E-state index is 0.788. The van der Waals surface area contributed by atoms with Crippen LogP contribution in [0.25, 0.3) is 43.1 Å². The normalized spacial score (nSPS) is 13.7. The molecule has 0 aromatic heterocycles. The highest BCUT2D eigenvalue weighted by Crippen LogP contribution is 2.39. The molecule has 0 saturated carbocycles. The highest BCUT2D eigenvalue weighted by atomic mass is 15.3. The third-order valence-electron chi connectivity index (χ3n) is 7.60. The van der Waals surface area contributed by atoms with E-state index in [1.165, 1.54) is 65.6 Å².